The largest absolute Gasteiger partial charge is 0.494 e. The van der Waals surface area contributed by atoms with Gasteiger partial charge >= 0.3 is 6.09 Å². The third-order valence-electron chi connectivity index (χ3n) is 5.34. The minimum Gasteiger partial charge on any atom is -0.494 e. The van der Waals surface area contributed by atoms with E-state index in [9.17, 15) is 4.79 Å². The van der Waals surface area contributed by atoms with Crippen LogP contribution in [0.25, 0.3) is 0 Å². The third kappa shape index (κ3) is 6.58. The van der Waals surface area contributed by atoms with Crippen LogP contribution in [-0.4, -0.2) is 42.8 Å². The fraction of sp³-hybridized carbons (Fsp3) is 0.667. The van der Waals surface area contributed by atoms with Crippen LogP contribution < -0.4 is 10.1 Å². The van der Waals surface area contributed by atoms with E-state index in [0.717, 1.165) is 44.5 Å². The van der Waals surface area contributed by atoms with Gasteiger partial charge in [-0.05, 0) is 63.7 Å². The summed E-state index contributed by atoms with van der Waals surface area (Å²) in [6.45, 7) is 5.03. The molecule has 1 amide bonds. The van der Waals surface area contributed by atoms with E-state index < -0.39 is 0 Å². The number of likely N-dealkylation sites (tertiary alicyclic amines) is 1. The van der Waals surface area contributed by atoms with Crippen molar-refractivity contribution in [1.29, 1.82) is 0 Å². The summed E-state index contributed by atoms with van der Waals surface area (Å²) in [4.78, 5) is 15.0. The zero-order chi connectivity index (χ0) is 18.2. The van der Waals surface area contributed by atoms with Gasteiger partial charge in [0.05, 0.1) is 6.61 Å². The van der Waals surface area contributed by atoms with Crippen LogP contribution in [0.4, 0.5) is 10.5 Å². The van der Waals surface area contributed by atoms with E-state index in [-0.39, 0.29) is 24.6 Å². The summed E-state index contributed by atoms with van der Waals surface area (Å²) in [5.74, 6) is 0.772. The first kappa shape index (κ1) is 21.8. The molecule has 5 nitrogen and oxygen atoms in total. The number of ether oxygens (including phenoxy) is 2. The van der Waals surface area contributed by atoms with Gasteiger partial charge in [0.2, 0.25) is 0 Å². The van der Waals surface area contributed by atoms with Gasteiger partial charge in [-0.25, -0.2) is 4.79 Å². The van der Waals surface area contributed by atoms with Crippen LogP contribution in [0.3, 0.4) is 0 Å². The lowest BCUT2D eigenvalue weighted by molar-refractivity contribution is 0.00174. The molecule has 1 saturated carbocycles. The summed E-state index contributed by atoms with van der Waals surface area (Å²) in [5, 5.41) is 2.87. The van der Waals surface area contributed by atoms with E-state index in [1.807, 2.05) is 24.3 Å². The number of hydrogen-bond donors (Lipinski definition) is 1. The molecule has 1 saturated heterocycles. The van der Waals surface area contributed by atoms with Crippen molar-refractivity contribution in [1.82, 2.24) is 4.90 Å². The first-order chi connectivity index (χ1) is 12.8. The van der Waals surface area contributed by atoms with E-state index in [4.69, 9.17) is 9.47 Å². The Kier molecular flexibility index (Phi) is 9.22. The minimum absolute atomic E-state index is 0. The van der Waals surface area contributed by atoms with Crippen molar-refractivity contribution in [2.24, 2.45) is 0 Å². The van der Waals surface area contributed by atoms with Crippen LogP contribution in [0.15, 0.2) is 24.3 Å². The Hall–Kier alpha value is -1.46. The molecule has 3 rings (SSSR count). The molecule has 152 valence electrons. The van der Waals surface area contributed by atoms with Gasteiger partial charge in [0.1, 0.15) is 11.9 Å². The summed E-state index contributed by atoms with van der Waals surface area (Å²) in [6.07, 6.45) is 8.94. The van der Waals surface area contributed by atoms with Crippen LogP contribution in [0.2, 0.25) is 0 Å². The lowest BCUT2D eigenvalue weighted by atomic mass is 9.90. The maximum Gasteiger partial charge on any atom is 0.411 e. The highest BCUT2D eigenvalue weighted by molar-refractivity contribution is 5.85. The van der Waals surface area contributed by atoms with Gasteiger partial charge in [0.25, 0.3) is 0 Å². The number of amides is 1. The normalized spacial score (nSPS) is 23.1. The van der Waals surface area contributed by atoms with Crippen molar-refractivity contribution < 1.29 is 14.3 Å². The Labute approximate surface area is 169 Å². The van der Waals surface area contributed by atoms with Crippen LogP contribution in [0, 0.1) is 0 Å². The van der Waals surface area contributed by atoms with Crippen molar-refractivity contribution in [2.45, 2.75) is 70.4 Å². The monoisotopic (exact) mass is 396 g/mol. The second-order valence-corrected chi connectivity index (χ2v) is 7.39. The van der Waals surface area contributed by atoms with Crippen molar-refractivity contribution in [2.75, 3.05) is 25.0 Å². The molecule has 0 unspecified atom stereocenters. The predicted octanol–water partition coefficient (Wildman–Crippen LogP) is 5.24. The van der Waals surface area contributed by atoms with Gasteiger partial charge in [0, 0.05) is 17.8 Å². The average Bonchev–Trinajstić information content (AvgIpc) is 2.68. The maximum atomic E-state index is 12.4. The van der Waals surface area contributed by atoms with E-state index in [1.165, 1.54) is 25.7 Å². The number of nitrogens with zero attached hydrogens (tertiary/aromatic N) is 1. The summed E-state index contributed by atoms with van der Waals surface area (Å²) < 4.78 is 11.5. The van der Waals surface area contributed by atoms with Gasteiger partial charge in [-0.1, -0.05) is 25.8 Å². The molecule has 1 aromatic rings. The van der Waals surface area contributed by atoms with E-state index in [2.05, 4.69) is 17.1 Å². The quantitative estimate of drug-likeness (QED) is 0.714. The van der Waals surface area contributed by atoms with Crippen LogP contribution in [0.1, 0.15) is 58.3 Å². The van der Waals surface area contributed by atoms with Gasteiger partial charge in [-0.2, -0.15) is 0 Å². The molecule has 2 fully saturated rings. The smallest absolute Gasteiger partial charge is 0.411 e. The van der Waals surface area contributed by atoms with Crippen molar-refractivity contribution in [3.63, 3.8) is 0 Å². The molecule has 0 aromatic heterocycles. The molecule has 27 heavy (non-hydrogen) atoms. The fourth-order valence-corrected chi connectivity index (χ4v) is 4.05. The third-order valence-corrected chi connectivity index (χ3v) is 5.34. The number of carbonyl (C=O) groups excluding carboxylic acids is 1. The van der Waals surface area contributed by atoms with E-state index >= 15 is 0 Å². The van der Waals surface area contributed by atoms with E-state index in [0.29, 0.717) is 18.3 Å². The number of hydrogen-bond acceptors (Lipinski definition) is 4. The highest BCUT2D eigenvalue weighted by atomic mass is 35.5. The highest BCUT2D eigenvalue weighted by Gasteiger charge is 2.33. The number of piperidine rings is 1. The molecular weight excluding hydrogens is 364 g/mol. The average molecular weight is 397 g/mol. The fourth-order valence-electron chi connectivity index (χ4n) is 4.05. The molecule has 2 aliphatic rings. The molecule has 6 heteroatoms. The summed E-state index contributed by atoms with van der Waals surface area (Å²) in [5.41, 5.74) is 0.717. The summed E-state index contributed by atoms with van der Waals surface area (Å²) in [7, 11) is 0. The molecule has 1 aliphatic carbocycles. The second kappa shape index (κ2) is 11.4. The van der Waals surface area contributed by atoms with Crippen LogP contribution in [-0.2, 0) is 4.74 Å². The zero-order valence-electron chi connectivity index (χ0n) is 16.3. The SMILES string of the molecule is CCCOc1cccc(NC(=O)O[C@H]2CCCC[C@@H]2N2CCCCC2)c1.Cl. The Morgan fingerprint density at radius 3 is 2.70 bits per heavy atom. The molecule has 2 atom stereocenters. The lowest BCUT2D eigenvalue weighted by Crippen LogP contribution is -2.49. The van der Waals surface area contributed by atoms with Crippen molar-refractivity contribution >= 4 is 24.2 Å². The first-order valence-electron chi connectivity index (χ1n) is 10.2. The Balaban J connectivity index is 0.00000261. The van der Waals surface area contributed by atoms with Gasteiger partial charge < -0.3 is 9.47 Å². The van der Waals surface area contributed by atoms with Gasteiger partial charge in [-0.15, -0.1) is 12.4 Å². The number of anilines is 1. The van der Waals surface area contributed by atoms with Crippen molar-refractivity contribution in [3.05, 3.63) is 24.3 Å². The van der Waals surface area contributed by atoms with Crippen molar-refractivity contribution in [3.8, 4) is 5.75 Å². The Morgan fingerprint density at radius 2 is 1.93 bits per heavy atom. The summed E-state index contributed by atoms with van der Waals surface area (Å²) in [6, 6.07) is 7.88. The number of halogens is 1. The van der Waals surface area contributed by atoms with Crippen LogP contribution >= 0.6 is 12.4 Å². The molecule has 1 N–H and O–H groups in total. The summed E-state index contributed by atoms with van der Waals surface area (Å²) >= 11 is 0. The van der Waals surface area contributed by atoms with E-state index in [1.54, 1.807) is 0 Å². The van der Waals surface area contributed by atoms with Gasteiger partial charge in [0.15, 0.2) is 0 Å². The topological polar surface area (TPSA) is 50.8 Å². The lowest BCUT2D eigenvalue weighted by Gasteiger charge is -2.41. The Bertz CT molecular complexity index is 578. The highest BCUT2D eigenvalue weighted by Crippen LogP contribution is 2.28. The number of carbonyl (C=O) groups is 1. The standard InChI is InChI=1S/C21H32N2O3.ClH/c1-2-15-25-18-10-8-9-17(16-18)22-21(24)26-20-12-5-4-11-19(20)23-13-6-3-7-14-23;/h8-10,16,19-20H,2-7,11-15H2,1H3,(H,22,24);1H/t19-,20-;/m0./s1. The number of benzene rings is 1. The molecular formula is C21H33ClN2O3. The molecule has 1 aliphatic heterocycles. The molecule has 1 heterocycles. The number of nitrogens with one attached hydrogen (secondary N) is 1. The van der Waals surface area contributed by atoms with Crippen LogP contribution in [0.5, 0.6) is 5.75 Å². The first-order valence-corrected chi connectivity index (χ1v) is 10.2. The Morgan fingerprint density at radius 1 is 1.15 bits per heavy atom. The molecule has 0 bridgehead atoms. The molecule has 1 aromatic carbocycles. The second-order valence-electron chi connectivity index (χ2n) is 7.39. The predicted molar refractivity (Wildman–Crippen MR) is 111 cm³/mol. The maximum absolute atomic E-state index is 12.4. The minimum atomic E-state index is -0.355. The zero-order valence-corrected chi connectivity index (χ0v) is 17.1. The number of rotatable bonds is 6. The molecule has 0 spiro atoms. The van der Waals surface area contributed by atoms with Gasteiger partial charge in [-0.3, -0.25) is 10.2 Å². The molecule has 0 radical (unpaired) electrons.